The molecule has 0 unspecified atom stereocenters. The summed E-state index contributed by atoms with van der Waals surface area (Å²) in [6.07, 6.45) is 0. The Balaban J connectivity index is 1.79. The Morgan fingerprint density at radius 3 is 2.29 bits per heavy atom. The maximum atomic E-state index is 13.8. The first-order chi connectivity index (χ1) is 16.9. The number of anilines is 2. The molecule has 0 fully saturated rings. The molecule has 0 bridgehead atoms. The smallest absolute Gasteiger partial charge is 0.355 e. The standard InChI is InChI=1S/C24H20FN5O5/c1-35-19-10-7-17(8-11-19)14-28-22(26-18-9-12-20(25)21(13-18)30(33)34)27-23(31)29(24(28)32)15-16-5-3-2-4-6-16/h2-13H,14-15H2,1H3,(H,26,27,31). The third-order valence-electron chi connectivity index (χ3n) is 5.23. The van der Waals surface area contributed by atoms with Crippen molar-refractivity contribution < 1.29 is 14.1 Å². The number of hydrogen-bond donors (Lipinski definition) is 1. The van der Waals surface area contributed by atoms with Gasteiger partial charge in [0.2, 0.25) is 11.8 Å². The van der Waals surface area contributed by atoms with Crippen LogP contribution >= 0.6 is 0 Å². The third-order valence-corrected chi connectivity index (χ3v) is 5.23. The normalized spacial score (nSPS) is 10.7. The molecule has 0 radical (unpaired) electrons. The number of halogens is 1. The summed E-state index contributed by atoms with van der Waals surface area (Å²) in [7, 11) is 1.53. The monoisotopic (exact) mass is 477 g/mol. The summed E-state index contributed by atoms with van der Waals surface area (Å²) in [4.78, 5) is 40.5. The fourth-order valence-corrected chi connectivity index (χ4v) is 3.44. The molecule has 1 heterocycles. The molecule has 1 N–H and O–H groups in total. The lowest BCUT2D eigenvalue weighted by Gasteiger charge is -2.16. The van der Waals surface area contributed by atoms with E-state index in [1.54, 1.807) is 48.5 Å². The summed E-state index contributed by atoms with van der Waals surface area (Å²) in [5.41, 5.74) is -0.648. The molecule has 0 amide bonds. The predicted octanol–water partition coefficient (Wildman–Crippen LogP) is 3.30. The maximum absolute atomic E-state index is 13.8. The van der Waals surface area contributed by atoms with E-state index in [2.05, 4.69) is 10.3 Å². The summed E-state index contributed by atoms with van der Waals surface area (Å²) in [6, 6.07) is 19.1. The molecular weight excluding hydrogens is 457 g/mol. The van der Waals surface area contributed by atoms with Gasteiger partial charge in [0.15, 0.2) is 0 Å². The zero-order valence-corrected chi connectivity index (χ0v) is 18.6. The van der Waals surface area contributed by atoms with Crippen LogP contribution in [0.4, 0.5) is 21.7 Å². The van der Waals surface area contributed by atoms with E-state index in [4.69, 9.17) is 4.74 Å². The Hall–Kier alpha value is -4.80. The molecule has 35 heavy (non-hydrogen) atoms. The molecule has 0 aliphatic carbocycles. The quantitative estimate of drug-likeness (QED) is 0.305. The fraction of sp³-hybridized carbons (Fsp3) is 0.125. The summed E-state index contributed by atoms with van der Waals surface area (Å²) in [5, 5.41) is 13.9. The fourth-order valence-electron chi connectivity index (χ4n) is 3.44. The van der Waals surface area contributed by atoms with Gasteiger partial charge in [-0.3, -0.25) is 14.7 Å². The van der Waals surface area contributed by atoms with Crippen LogP contribution < -0.4 is 21.4 Å². The molecule has 0 aliphatic heterocycles. The first-order valence-corrected chi connectivity index (χ1v) is 10.4. The number of rotatable bonds is 8. The summed E-state index contributed by atoms with van der Waals surface area (Å²) < 4.78 is 21.2. The summed E-state index contributed by atoms with van der Waals surface area (Å²) in [5.74, 6) is -0.520. The number of aromatic nitrogens is 3. The number of ether oxygens (including phenoxy) is 1. The molecule has 10 nitrogen and oxygen atoms in total. The van der Waals surface area contributed by atoms with Gasteiger partial charge in [-0.15, -0.1) is 0 Å². The highest BCUT2D eigenvalue weighted by Crippen LogP contribution is 2.23. The Morgan fingerprint density at radius 1 is 0.971 bits per heavy atom. The van der Waals surface area contributed by atoms with Gasteiger partial charge in [0.05, 0.1) is 25.1 Å². The van der Waals surface area contributed by atoms with Gasteiger partial charge in [-0.05, 0) is 35.4 Å². The van der Waals surface area contributed by atoms with E-state index in [-0.39, 0.29) is 24.7 Å². The largest absolute Gasteiger partial charge is 0.497 e. The third kappa shape index (κ3) is 5.24. The molecule has 11 heteroatoms. The number of nitro groups is 1. The minimum Gasteiger partial charge on any atom is -0.497 e. The van der Waals surface area contributed by atoms with Crippen molar-refractivity contribution >= 4 is 17.3 Å². The van der Waals surface area contributed by atoms with Crippen molar-refractivity contribution in [3.63, 3.8) is 0 Å². The highest BCUT2D eigenvalue weighted by molar-refractivity contribution is 5.58. The zero-order chi connectivity index (χ0) is 24.9. The minimum atomic E-state index is -1.01. The van der Waals surface area contributed by atoms with E-state index in [1.807, 2.05) is 6.07 Å². The summed E-state index contributed by atoms with van der Waals surface area (Å²) >= 11 is 0. The van der Waals surface area contributed by atoms with Gasteiger partial charge in [0, 0.05) is 11.8 Å². The number of methoxy groups -OCH3 is 1. The zero-order valence-electron chi connectivity index (χ0n) is 18.6. The van der Waals surface area contributed by atoms with E-state index < -0.39 is 27.8 Å². The van der Waals surface area contributed by atoms with E-state index in [0.29, 0.717) is 11.3 Å². The molecule has 1 aromatic heterocycles. The van der Waals surface area contributed by atoms with Gasteiger partial charge >= 0.3 is 17.1 Å². The van der Waals surface area contributed by atoms with Crippen molar-refractivity contribution in [3.05, 3.63) is 121 Å². The SMILES string of the molecule is COc1ccc(Cn2c(Nc3ccc(F)c([N+](=O)[O-])c3)nc(=O)n(Cc3ccccc3)c2=O)cc1. The van der Waals surface area contributed by atoms with Crippen LogP contribution in [-0.2, 0) is 13.1 Å². The van der Waals surface area contributed by atoms with Crippen molar-refractivity contribution in [2.24, 2.45) is 0 Å². The lowest BCUT2D eigenvalue weighted by Crippen LogP contribution is -2.43. The Bertz CT molecular complexity index is 1480. The van der Waals surface area contributed by atoms with Crippen LogP contribution in [0.1, 0.15) is 11.1 Å². The predicted molar refractivity (Wildman–Crippen MR) is 127 cm³/mol. The first-order valence-electron chi connectivity index (χ1n) is 10.4. The van der Waals surface area contributed by atoms with Crippen LogP contribution in [0.3, 0.4) is 0 Å². The molecule has 0 saturated carbocycles. The van der Waals surface area contributed by atoms with Gasteiger partial charge in [-0.25, -0.2) is 14.2 Å². The van der Waals surface area contributed by atoms with Gasteiger partial charge in [0.25, 0.3) is 0 Å². The topological polar surface area (TPSA) is 121 Å². The molecule has 178 valence electrons. The molecule has 4 rings (SSSR count). The van der Waals surface area contributed by atoms with Gasteiger partial charge < -0.3 is 10.1 Å². The molecule has 4 aromatic rings. The van der Waals surface area contributed by atoms with Crippen molar-refractivity contribution in [1.29, 1.82) is 0 Å². The van der Waals surface area contributed by atoms with Crippen LogP contribution in [0.15, 0.2) is 82.4 Å². The number of nitro benzene ring substituents is 1. The average molecular weight is 477 g/mol. The number of nitrogens with zero attached hydrogens (tertiary/aromatic N) is 4. The molecule has 0 saturated heterocycles. The van der Waals surface area contributed by atoms with Gasteiger partial charge in [0.1, 0.15) is 5.75 Å². The highest BCUT2D eigenvalue weighted by atomic mass is 19.1. The lowest BCUT2D eigenvalue weighted by molar-refractivity contribution is -0.387. The second-order valence-electron chi connectivity index (χ2n) is 7.55. The second-order valence-corrected chi connectivity index (χ2v) is 7.55. The molecule has 0 atom stereocenters. The molecule has 0 spiro atoms. The van der Waals surface area contributed by atoms with Crippen molar-refractivity contribution in [1.82, 2.24) is 14.1 Å². The molecule has 0 aliphatic rings. The maximum Gasteiger partial charge on any atom is 0.355 e. The van der Waals surface area contributed by atoms with Crippen molar-refractivity contribution in [2.75, 3.05) is 12.4 Å². The average Bonchev–Trinajstić information content (AvgIpc) is 2.86. The minimum absolute atomic E-state index is 0.0103. The van der Waals surface area contributed by atoms with Crippen LogP contribution in [0.25, 0.3) is 0 Å². The number of hydrogen-bond acceptors (Lipinski definition) is 7. The van der Waals surface area contributed by atoms with Crippen LogP contribution in [-0.4, -0.2) is 26.2 Å². The Labute approximate surface area is 198 Å². The van der Waals surface area contributed by atoms with Crippen LogP contribution in [0.5, 0.6) is 5.75 Å². The Morgan fingerprint density at radius 2 is 1.63 bits per heavy atom. The van der Waals surface area contributed by atoms with Gasteiger partial charge in [-0.2, -0.15) is 9.37 Å². The second kappa shape index (κ2) is 10.00. The number of nitrogens with one attached hydrogen (secondary N) is 1. The molecular formula is C24H20FN5O5. The first kappa shape index (κ1) is 23.4. The summed E-state index contributed by atoms with van der Waals surface area (Å²) in [6.45, 7) is 0.0485. The van der Waals surface area contributed by atoms with Gasteiger partial charge in [-0.1, -0.05) is 42.5 Å². The van der Waals surface area contributed by atoms with Crippen molar-refractivity contribution in [3.8, 4) is 5.75 Å². The van der Waals surface area contributed by atoms with Crippen LogP contribution in [0, 0.1) is 15.9 Å². The van der Waals surface area contributed by atoms with E-state index >= 15 is 0 Å². The van der Waals surface area contributed by atoms with E-state index in [9.17, 15) is 24.1 Å². The molecule has 3 aromatic carbocycles. The van der Waals surface area contributed by atoms with Crippen LogP contribution in [0.2, 0.25) is 0 Å². The van der Waals surface area contributed by atoms with Crippen molar-refractivity contribution in [2.45, 2.75) is 13.1 Å². The highest BCUT2D eigenvalue weighted by Gasteiger charge is 2.18. The van der Waals surface area contributed by atoms with E-state index in [0.717, 1.165) is 22.3 Å². The lowest BCUT2D eigenvalue weighted by atomic mass is 10.2. The van der Waals surface area contributed by atoms with E-state index in [1.165, 1.54) is 17.7 Å². The number of benzene rings is 3. The Kier molecular flexibility index (Phi) is 6.67.